The Labute approximate surface area is 289 Å². The molecule has 1 aliphatic rings. The third-order valence-electron chi connectivity index (χ3n) is 9.94. The van der Waals surface area contributed by atoms with E-state index in [4.69, 9.17) is 0 Å². The van der Waals surface area contributed by atoms with Gasteiger partial charge in [0.2, 0.25) is 0 Å². The van der Waals surface area contributed by atoms with Gasteiger partial charge in [-0.1, -0.05) is 97.1 Å². The van der Waals surface area contributed by atoms with Crippen LogP contribution in [0, 0.1) is 39.9 Å². The molecule has 9 rings (SSSR count). The van der Waals surface area contributed by atoms with E-state index in [0.29, 0.717) is 17.5 Å². The number of fused-ring (bicyclic) bond motifs is 6. The summed E-state index contributed by atoms with van der Waals surface area (Å²) in [6, 6.07) is 52.4. The lowest BCUT2D eigenvalue weighted by molar-refractivity contribution is 0.809. The van der Waals surface area contributed by atoms with Crippen LogP contribution in [0.3, 0.4) is 0 Å². The Bertz CT molecular complexity index is 2770. The fraction of sp³-hybridized carbons (Fsp3) is 0.0444. The topological polar surface area (TPSA) is 81.2 Å². The molecule has 0 radical (unpaired) electrons. The molecule has 0 spiro atoms. The fourth-order valence-electron chi connectivity index (χ4n) is 7.70. The van der Waals surface area contributed by atoms with Crippen LogP contribution in [-0.4, -0.2) is 9.13 Å². The summed E-state index contributed by atoms with van der Waals surface area (Å²) in [4.78, 5) is 0. The molecule has 0 aliphatic heterocycles. The third kappa shape index (κ3) is 4.37. The van der Waals surface area contributed by atoms with Gasteiger partial charge in [-0.05, 0) is 77.2 Å². The van der Waals surface area contributed by atoms with Gasteiger partial charge in [-0.15, -0.1) is 0 Å². The van der Waals surface area contributed by atoms with E-state index < -0.39 is 0 Å². The number of benzene rings is 6. The fourth-order valence-corrected chi connectivity index (χ4v) is 7.70. The monoisotopic (exact) mass is 637 g/mol. The van der Waals surface area contributed by atoms with Crippen LogP contribution in [0.2, 0.25) is 0 Å². The Kier molecular flexibility index (Phi) is 6.70. The van der Waals surface area contributed by atoms with Crippen molar-refractivity contribution in [3.8, 4) is 51.8 Å². The number of hydrogen-bond acceptors (Lipinski definition) is 3. The van der Waals surface area contributed by atoms with Gasteiger partial charge in [-0.3, -0.25) is 0 Å². The predicted molar refractivity (Wildman–Crippen MR) is 200 cm³/mol. The highest BCUT2D eigenvalue weighted by atomic mass is 15.0. The molecule has 1 atom stereocenters. The Morgan fingerprint density at radius 3 is 1.82 bits per heavy atom. The first-order chi connectivity index (χ1) is 24.7. The van der Waals surface area contributed by atoms with Crippen LogP contribution >= 0.6 is 0 Å². The van der Waals surface area contributed by atoms with Crippen molar-refractivity contribution in [1.82, 2.24) is 9.13 Å². The van der Waals surface area contributed by atoms with Crippen molar-refractivity contribution >= 4 is 38.8 Å². The number of aromatic nitrogens is 2. The van der Waals surface area contributed by atoms with Gasteiger partial charge in [0.1, 0.15) is 6.07 Å². The largest absolute Gasteiger partial charge is 0.309 e. The highest BCUT2D eigenvalue weighted by Gasteiger charge is 2.25. The summed E-state index contributed by atoms with van der Waals surface area (Å²) in [5, 5.41) is 34.0. The minimum absolute atomic E-state index is 0.200. The Morgan fingerprint density at radius 1 is 0.540 bits per heavy atom. The minimum atomic E-state index is -0.200. The summed E-state index contributed by atoms with van der Waals surface area (Å²) < 4.78 is 4.43. The van der Waals surface area contributed by atoms with Gasteiger partial charge in [-0.25, -0.2) is 0 Å². The van der Waals surface area contributed by atoms with E-state index in [-0.39, 0.29) is 5.92 Å². The molecule has 2 heterocycles. The van der Waals surface area contributed by atoms with E-state index in [9.17, 15) is 15.8 Å². The van der Waals surface area contributed by atoms with Crippen molar-refractivity contribution in [2.45, 2.75) is 6.42 Å². The van der Waals surface area contributed by atoms with Gasteiger partial charge >= 0.3 is 0 Å². The molecule has 0 bridgehead atoms. The SMILES string of the molecule is N#Cc1cc(-c2cccc(C#N)c2-n2c3c(c4ccccc42)CC(C#N)C=C3)ccc1-c1ccc(-n2c3ccccc3c3ccccc32)cc1. The molecule has 0 fully saturated rings. The first-order valence-corrected chi connectivity index (χ1v) is 16.6. The van der Waals surface area contributed by atoms with Gasteiger partial charge in [0.25, 0.3) is 0 Å². The highest BCUT2D eigenvalue weighted by molar-refractivity contribution is 6.09. The normalized spacial score (nSPS) is 13.6. The number of rotatable bonds is 4. The molecule has 1 aliphatic carbocycles. The minimum Gasteiger partial charge on any atom is -0.309 e. The van der Waals surface area contributed by atoms with Gasteiger partial charge in [0.05, 0.1) is 51.4 Å². The second kappa shape index (κ2) is 11.5. The molecule has 1 unspecified atom stereocenters. The van der Waals surface area contributed by atoms with E-state index in [1.54, 1.807) is 0 Å². The lowest BCUT2D eigenvalue weighted by Crippen LogP contribution is -2.08. The van der Waals surface area contributed by atoms with E-state index in [1.165, 1.54) is 10.8 Å². The molecule has 6 aromatic carbocycles. The predicted octanol–water partition coefficient (Wildman–Crippen LogP) is 10.5. The molecule has 0 saturated heterocycles. The Balaban J connectivity index is 1.16. The van der Waals surface area contributed by atoms with Crippen molar-refractivity contribution in [2.75, 3.05) is 0 Å². The van der Waals surface area contributed by atoms with Crippen molar-refractivity contribution in [3.63, 3.8) is 0 Å². The first kappa shape index (κ1) is 29.0. The molecule has 0 amide bonds. The van der Waals surface area contributed by atoms with Crippen molar-refractivity contribution in [3.05, 3.63) is 162 Å². The van der Waals surface area contributed by atoms with Gasteiger partial charge in [-0.2, -0.15) is 15.8 Å². The van der Waals surface area contributed by atoms with E-state index in [2.05, 4.69) is 112 Å². The van der Waals surface area contributed by atoms with Crippen LogP contribution in [0.15, 0.2) is 140 Å². The van der Waals surface area contributed by atoms with Gasteiger partial charge < -0.3 is 9.13 Å². The summed E-state index contributed by atoms with van der Waals surface area (Å²) in [6.07, 6.45) is 4.57. The second-order valence-corrected chi connectivity index (χ2v) is 12.6. The maximum atomic E-state index is 10.4. The standard InChI is InChI=1S/C45H27N5/c46-26-29-16-23-44-40(24-29)39-11-3-6-15-43(39)50(44)45-32(27-47)8-7-12-36(45)31-19-22-35(33(25-31)28-48)30-17-20-34(21-18-30)49-41-13-4-1-9-37(41)38-10-2-5-14-42(38)49/h1-23,25,29H,24H2. The maximum Gasteiger partial charge on any atom is 0.101 e. The molecule has 0 N–H and O–H groups in total. The zero-order valence-corrected chi connectivity index (χ0v) is 26.9. The molecular formula is C45H27N5. The smallest absolute Gasteiger partial charge is 0.101 e. The molecular weight excluding hydrogens is 611 g/mol. The molecule has 2 aromatic heterocycles. The first-order valence-electron chi connectivity index (χ1n) is 16.6. The molecule has 232 valence electrons. The van der Waals surface area contributed by atoms with E-state index in [1.807, 2.05) is 60.7 Å². The molecule has 50 heavy (non-hydrogen) atoms. The zero-order chi connectivity index (χ0) is 33.8. The van der Waals surface area contributed by atoms with E-state index in [0.717, 1.165) is 66.8 Å². The summed E-state index contributed by atoms with van der Waals surface area (Å²) in [7, 11) is 0. The number of nitrogens with zero attached hydrogens (tertiary/aromatic N) is 5. The average molecular weight is 638 g/mol. The van der Waals surface area contributed by atoms with Crippen LogP contribution in [-0.2, 0) is 6.42 Å². The van der Waals surface area contributed by atoms with Crippen LogP contribution in [0.5, 0.6) is 0 Å². The maximum absolute atomic E-state index is 10.4. The van der Waals surface area contributed by atoms with Crippen LogP contribution in [0.25, 0.3) is 72.4 Å². The van der Waals surface area contributed by atoms with Gasteiger partial charge in [0.15, 0.2) is 0 Å². The van der Waals surface area contributed by atoms with Crippen LogP contribution in [0.1, 0.15) is 22.4 Å². The third-order valence-corrected chi connectivity index (χ3v) is 9.94. The van der Waals surface area contributed by atoms with Crippen LogP contribution < -0.4 is 0 Å². The summed E-state index contributed by atoms with van der Waals surface area (Å²) in [5.41, 5.74) is 11.8. The van der Waals surface area contributed by atoms with Crippen molar-refractivity contribution < 1.29 is 0 Å². The number of hydrogen-bond donors (Lipinski definition) is 0. The zero-order valence-electron chi connectivity index (χ0n) is 26.9. The van der Waals surface area contributed by atoms with Gasteiger partial charge in [0, 0.05) is 33.1 Å². The number of nitriles is 3. The second-order valence-electron chi connectivity index (χ2n) is 12.6. The summed E-state index contributed by atoms with van der Waals surface area (Å²) in [5.74, 6) is -0.200. The molecule has 5 heteroatoms. The molecule has 0 saturated carbocycles. The highest BCUT2D eigenvalue weighted by Crippen LogP contribution is 2.41. The molecule has 8 aromatic rings. The lowest BCUT2D eigenvalue weighted by Gasteiger charge is -2.19. The lowest BCUT2D eigenvalue weighted by atomic mass is 9.92. The summed E-state index contributed by atoms with van der Waals surface area (Å²) in [6.45, 7) is 0. The van der Waals surface area contributed by atoms with Crippen molar-refractivity contribution in [2.24, 2.45) is 5.92 Å². The Morgan fingerprint density at radius 2 is 1.16 bits per heavy atom. The summed E-state index contributed by atoms with van der Waals surface area (Å²) >= 11 is 0. The number of para-hydroxylation sites is 4. The Hall–Kier alpha value is -7.13. The number of allylic oxidation sites excluding steroid dienone is 1. The van der Waals surface area contributed by atoms with E-state index >= 15 is 0 Å². The van der Waals surface area contributed by atoms with Crippen LogP contribution in [0.4, 0.5) is 0 Å². The quantitative estimate of drug-likeness (QED) is 0.193. The molecule has 5 nitrogen and oxygen atoms in total. The van der Waals surface area contributed by atoms with Crippen molar-refractivity contribution in [1.29, 1.82) is 15.8 Å². The average Bonchev–Trinajstić information content (AvgIpc) is 3.70.